The number of hydrogen-bond acceptors (Lipinski definition) is 0. The van der Waals surface area contributed by atoms with Crippen molar-refractivity contribution in [2.75, 3.05) is 0 Å². The van der Waals surface area contributed by atoms with Crippen molar-refractivity contribution in [2.24, 2.45) is 0 Å². The number of aromatic nitrogens is 2. The fourth-order valence-corrected chi connectivity index (χ4v) is 14.4. The lowest BCUT2D eigenvalue weighted by Gasteiger charge is -2.35. The van der Waals surface area contributed by atoms with Gasteiger partial charge in [0.25, 0.3) is 0 Å². The highest BCUT2D eigenvalue weighted by Gasteiger charge is 2.43. The number of nitrogens with zero attached hydrogens (tertiary/aromatic N) is 2. The van der Waals surface area contributed by atoms with E-state index in [4.69, 9.17) is 0 Å². The Morgan fingerprint density at radius 3 is 1.20 bits per heavy atom. The van der Waals surface area contributed by atoms with Crippen LogP contribution in [0.2, 0.25) is 0 Å². The molecule has 0 saturated carbocycles. The summed E-state index contributed by atoms with van der Waals surface area (Å²) in [5.41, 5.74) is 39.4. The van der Waals surface area contributed by atoms with Crippen LogP contribution in [0.1, 0.15) is 72.3 Å². The van der Waals surface area contributed by atoms with Crippen molar-refractivity contribution in [1.29, 1.82) is 0 Å². The zero-order valence-corrected chi connectivity index (χ0v) is 43.0. The molecule has 2 aliphatic rings. The highest BCUT2D eigenvalue weighted by molar-refractivity contribution is 6.90. The van der Waals surface area contributed by atoms with Crippen LogP contribution in [0.4, 0.5) is 0 Å². The Labute approximate surface area is 413 Å². The number of fused-ring (bicyclic) bond motifs is 10. The predicted molar refractivity (Wildman–Crippen MR) is 303 cm³/mol. The van der Waals surface area contributed by atoms with Gasteiger partial charge in [0, 0.05) is 43.8 Å². The molecule has 0 radical (unpaired) electrons. The average molecular weight is 903 g/mol. The molecule has 4 heterocycles. The topological polar surface area (TPSA) is 9.86 Å². The molecule has 2 nitrogen and oxygen atoms in total. The second-order valence-corrected chi connectivity index (χ2v) is 21.7. The van der Waals surface area contributed by atoms with Crippen molar-refractivity contribution < 1.29 is 0 Å². The summed E-state index contributed by atoms with van der Waals surface area (Å²) in [6.45, 7) is 29.4. The molecule has 2 aliphatic heterocycles. The van der Waals surface area contributed by atoms with Gasteiger partial charge < -0.3 is 9.05 Å². The van der Waals surface area contributed by atoms with E-state index in [1.54, 1.807) is 0 Å². The van der Waals surface area contributed by atoms with Gasteiger partial charge in [-0.25, -0.2) is 0 Å². The summed E-state index contributed by atoms with van der Waals surface area (Å²) < 4.78 is 5.40. The van der Waals surface area contributed by atoms with Crippen molar-refractivity contribution in [1.82, 2.24) is 9.05 Å². The van der Waals surface area contributed by atoms with Gasteiger partial charge in [-0.15, -0.1) is 0 Å². The van der Waals surface area contributed by atoms with Crippen LogP contribution in [0.15, 0.2) is 121 Å². The van der Waals surface area contributed by atoms with Crippen molar-refractivity contribution in [2.45, 2.75) is 90.0 Å². The first kappa shape index (κ1) is 42.7. The van der Waals surface area contributed by atoms with Crippen LogP contribution in [0.25, 0.3) is 105 Å². The molecule has 3 heteroatoms. The van der Waals surface area contributed by atoms with E-state index < -0.39 is 0 Å². The summed E-state index contributed by atoms with van der Waals surface area (Å²) in [5.74, 6) is 0. The molecule has 340 valence electrons. The van der Waals surface area contributed by atoms with Crippen LogP contribution in [0, 0.1) is 90.0 Å². The molecule has 0 unspecified atom stereocenters. The minimum Gasteiger partial charge on any atom is -0.375 e. The monoisotopic (exact) mass is 902 g/mol. The Morgan fingerprint density at radius 1 is 0.314 bits per heavy atom. The van der Waals surface area contributed by atoms with Gasteiger partial charge in [0.1, 0.15) is 0 Å². The maximum Gasteiger partial charge on any atom is 0.333 e. The maximum atomic E-state index is 2.77. The van der Waals surface area contributed by atoms with Crippen molar-refractivity contribution in [3.63, 3.8) is 0 Å². The quantitative estimate of drug-likeness (QED) is 0.156. The van der Waals surface area contributed by atoms with Gasteiger partial charge in [-0.05, 0) is 250 Å². The first-order valence-corrected chi connectivity index (χ1v) is 25.3. The molecule has 0 fully saturated rings. The summed E-state index contributed by atoms with van der Waals surface area (Å²) in [6, 6.07) is 48.5. The molecule has 0 amide bonds. The van der Waals surface area contributed by atoms with Gasteiger partial charge in [-0.1, -0.05) is 95.1 Å². The van der Waals surface area contributed by atoms with Crippen LogP contribution in [0.5, 0.6) is 0 Å². The van der Waals surface area contributed by atoms with Crippen molar-refractivity contribution in [3.8, 4) is 61.3 Å². The summed E-state index contributed by atoms with van der Waals surface area (Å²) in [7, 11) is 0. The van der Waals surface area contributed by atoms with Crippen molar-refractivity contribution >= 4 is 61.4 Å². The first-order valence-electron chi connectivity index (χ1n) is 25.3. The first-order chi connectivity index (χ1) is 33.6. The normalized spacial score (nSPS) is 12.6. The lowest BCUT2D eigenvalue weighted by atomic mass is 9.45. The highest BCUT2D eigenvalue weighted by atomic mass is 15.0. The van der Waals surface area contributed by atoms with Gasteiger partial charge in [0.05, 0.1) is 11.0 Å². The van der Waals surface area contributed by atoms with E-state index in [-0.39, 0.29) is 6.85 Å². The molecule has 9 aromatic carbocycles. The third-order valence-electron chi connectivity index (χ3n) is 16.4. The van der Waals surface area contributed by atoms with E-state index in [1.165, 1.54) is 188 Å². The zero-order chi connectivity index (χ0) is 48.5. The Morgan fingerprint density at radius 2 is 0.714 bits per heavy atom. The van der Waals surface area contributed by atoms with E-state index in [0.29, 0.717) is 0 Å². The average Bonchev–Trinajstić information content (AvgIpc) is 3.78. The summed E-state index contributed by atoms with van der Waals surface area (Å²) in [5, 5.41) is 5.23. The van der Waals surface area contributed by atoms with Crippen LogP contribution in [0.3, 0.4) is 0 Å². The minimum atomic E-state index is -0.0637. The third-order valence-corrected chi connectivity index (χ3v) is 16.4. The highest BCUT2D eigenvalue weighted by Crippen LogP contribution is 2.48. The molecule has 0 saturated heterocycles. The standard InChI is InChI=1S/C67H59BN2/c1-34-20-39(6)60(40(7)21-34)47-15-18-57-51(28-47)54-31-50(63-45(12)26-37(4)27-46(63)13)33-56-67(54)69(57)59-17-14-38(5)64-55-32-49(62-43(10)24-36(3)25-44(62)11)30-53-52-29-48(61-41(8)22-35(2)23-42(61)9)16-19-58(52)70(66(53)55)68(56)65(59)64/h14-33H,1-13H3. The number of hydrogen-bond donors (Lipinski definition) is 0. The van der Waals surface area contributed by atoms with Crippen LogP contribution in [-0.4, -0.2) is 15.9 Å². The molecule has 0 atom stereocenters. The summed E-state index contributed by atoms with van der Waals surface area (Å²) in [6.07, 6.45) is 0. The fourth-order valence-electron chi connectivity index (χ4n) is 14.4. The Bertz CT molecular complexity index is 4110. The van der Waals surface area contributed by atoms with E-state index in [1.807, 2.05) is 0 Å². The Balaban J connectivity index is 1.20. The van der Waals surface area contributed by atoms with Crippen LogP contribution < -0.4 is 10.9 Å². The lowest BCUT2D eigenvalue weighted by Crippen LogP contribution is -2.55. The summed E-state index contributed by atoms with van der Waals surface area (Å²) in [4.78, 5) is 0. The zero-order valence-electron chi connectivity index (χ0n) is 43.0. The van der Waals surface area contributed by atoms with Gasteiger partial charge in [0.15, 0.2) is 0 Å². The van der Waals surface area contributed by atoms with Gasteiger partial charge in [-0.3, -0.25) is 0 Å². The largest absolute Gasteiger partial charge is 0.375 e. The van der Waals surface area contributed by atoms with Gasteiger partial charge >= 0.3 is 6.85 Å². The predicted octanol–water partition coefficient (Wildman–Crippen LogP) is 16.5. The molecular formula is C67H59BN2. The van der Waals surface area contributed by atoms with E-state index >= 15 is 0 Å². The molecule has 13 rings (SSSR count). The lowest BCUT2D eigenvalue weighted by molar-refractivity contribution is 1.17. The smallest absolute Gasteiger partial charge is 0.333 e. The number of aryl methyl sites for hydroxylation is 13. The number of benzene rings is 9. The van der Waals surface area contributed by atoms with Gasteiger partial charge in [-0.2, -0.15) is 0 Å². The Kier molecular flexibility index (Phi) is 9.05. The second-order valence-electron chi connectivity index (χ2n) is 21.7. The Hall–Kier alpha value is -7.36. The molecule has 2 aromatic heterocycles. The molecule has 70 heavy (non-hydrogen) atoms. The second kappa shape index (κ2) is 14.8. The van der Waals surface area contributed by atoms with E-state index in [2.05, 4.69) is 220 Å². The van der Waals surface area contributed by atoms with Gasteiger partial charge in [0.2, 0.25) is 0 Å². The maximum absolute atomic E-state index is 2.77. The molecule has 0 bridgehead atoms. The molecular weight excluding hydrogens is 844 g/mol. The molecule has 0 spiro atoms. The SMILES string of the molecule is Cc1cc(C)c(-c2ccc3c(c2)c2cc(-c4c(C)cc(C)cc4C)cc4c2n3B2c3c(ccc(C)c3-4)-n3c4ccc(-c5c(C)cc(C)cc5C)cc4c4cc(-c5c(C)cc(C)cc5C)cc2c43)c(C)c1. The minimum absolute atomic E-state index is 0.0637. The number of rotatable bonds is 4. The van der Waals surface area contributed by atoms with Crippen LogP contribution >= 0.6 is 0 Å². The van der Waals surface area contributed by atoms with Crippen molar-refractivity contribution in [3.05, 3.63) is 194 Å². The molecule has 11 aromatic rings. The van der Waals surface area contributed by atoms with E-state index in [9.17, 15) is 0 Å². The molecule has 0 aliphatic carbocycles. The van der Waals surface area contributed by atoms with Crippen LogP contribution in [-0.2, 0) is 0 Å². The fraction of sp³-hybridized carbons (Fsp3) is 0.194. The molecule has 0 N–H and O–H groups in total. The van der Waals surface area contributed by atoms with E-state index in [0.717, 1.165) is 0 Å². The third kappa shape index (κ3) is 5.87. The summed E-state index contributed by atoms with van der Waals surface area (Å²) >= 11 is 0.